The summed E-state index contributed by atoms with van der Waals surface area (Å²) in [6.07, 6.45) is 5.15. The van der Waals surface area contributed by atoms with E-state index in [1.165, 1.54) is 18.1 Å². The zero-order valence-corrected chi connectivity index (χ0v) is 27.0. The molecule has 0 radical (unpaired) electrons. The van der Waals surface area contributed by atoms with Crippen LogP contribution in [0.25, 0.3) is 0 Å². The summed E-state index contributed by atoms with van der Waals surface area (Å²) in [7, 11) is 1.22. The van der Waals surface area contributed by atoms with E-state index in [1.807, 2.05) is 30.3 Å². The minimum atomic E-state index is -1.15. The van der Waals surface area contributed by atoms with Gasteiger partial charge in [-0.05, 0) is 62.9 Å². The van der Waals surface area contributed by atoms with E-state index in [-0.39, 0.29) is 25.3 Å². The molecule has 2 rings (SSSR count). The van der Waals surface area contributed by atoms with E-state index in [4.69, 9.17) is 9.47 Å². The number of alkyl carbamates (subject to hydrolysis) is 1. The topological polar surface area (TPSA) is 134 Å². The highest BCUT2D eigenvalue weighted by Crippen LogP contribution is 2.28. The van der Waals surface area contributed by atoms with E-state index in [0.717, 1.165) is 37.7 Å². The van der Waals surface area contributed by atoms with E-state index in [1.54, 1.807) is 39.8 Å². The third kappa shape index (κ3) is 12.3. The van der Waals surface area contributed by atoms with E-state index >= 15 is 0 Å². The maximum atomic E-state index is 14.5. The quantitative estimate of drug-likeness (QED) is 0.172. The van der Waals surface area contributed by atoms with Crippen molar-refractivity contribution in [2.24, 2.45) is 0 Å². The van der Waals surface area contributed by atoms with Crippen LogP contribution in [0, 0.1) is 6.92 Å². The number of amides is 3. The molecule has 44 heavy (non-hydrogen) atoms. The Morgan fingerprint density at radius 3 is 2.23 bits per heavy atom. The number of esters is 1. The molecular formula is C34H49N3O7. The summed E-state index contributed by atoms with van der Waals surface area (Å²) in [5.41, 5.74) is 1.00. The van der Waals surface area contributed by atoms with Gasteiger partial charge in [0.1, 0.15) is 30.0 Å². The number of nitrogens with zero attached hydrogens (tertiary/aromatic N) is 1. The number of ether oxygens (including phenoxy) is 2. The molecule has 0 aliphatic rings. The van der Waals surface area contributed by atoms with Gasteiger partial charge in [0.05, 0.1) is 7.11 Å². The molecule has 242 valence electrons. The number of aromatic hydroxyl groups is 1. The molecule has 10 nitrogen and oxygen atoms in total. The third-order valence-corrected chi connectivity index (χ3v) is 7.04. The largest absolute Gasteiger partial charge is 0.508 e. The van der Waals surface area contributed by atoms with E-state index in [9.17, 15) is 24.3 Å². The van der Waals surface area contributed by atoms with Crippen molar-refractivity contribution in [3.05, 3.63) is 65.2 Å². The lowest BCUT2D eigenvalue weighted by Gasteiger charge is -2.35. The number of aryl methyl sites for hydroxylation is 1. The molecule has 2 unspecified atom stereocenters. The maximum Gasteiger partial charge on any atom is 0.408 e. The third-order valence-electron chi connectivity index (χ3n) is 7.04. The molecule has 0 saturated heterocycles. The molecule has 2 atom stereocenters. The molecule has 0 spiro atoms. The van der Waals surface area contributed by atoms with Gasteiger partial charge in [0.2, 0.25) is 11.8 Å². The van der Waals surface area contributed by atoms with Crippen molar-refractivity contribution >= 4 is 23.9 Å². The summed E-state index contributed by atoms with van der Waals surface area (Å²) in [6, 6.07) is 11.8. The number of benzene rings is 2. The van der Waals surface area contributed by atoms with Crippen LogP contribution in [-0.2, 0) is 30.3 Å². The summed E-state index contributed by atoms with van der Waals surface area (Å²) < 4.78 is 10.2. The van der Waals surface area contributed by atoms with E-state index in [2.05, 4.69) is 17.6 Å². The van der Waals surface area contributed by atoms with Gasteiger partial charge in [-0.25, -0.2) is 4.79 Å². The molecule has 0 fully saturated rings. The molecule has 0 aromatic heterocycles. The van der Waals surface area contributed by atoms with Crippen LogP contribution < -0.4 is 10.6 Å². The fourth-order valence-corrected chi connectivity index (χ4v) is 4.78. The Morgan fingerprint density at radius 1 is 0.955 bits per heavy atom. The van der Waals surface area contributed by atoms with Crippen molar-refractivity contribution in [1.29, 1.82) is 0 Å². The number of unbranched alkanes of at least 4 members (excludes halogenated alkanes) is 5. The molecule has 0 aliphatic heterocycles. The summed E-state index contributed by atoms with van der Waals surface area (Å²) in [6.45, 7) is 8.89. The Balaban J connectivity index is 2.55. The summed E-state index contributed by atoms with van der Waals surface area (Å²) >= 11 is 0. The molecule has 0 saturated carbocycles. The van der Waals surface area contributed by atoms with Crippen molar-refractivity contribution in [3.63, 3.8) is 0 Å². The highest BCUT2D eigenvalue weighted by molar-refractivity contribution is 5.93. The van der Waals surface area contributed by atoms with Crippen LogP contribution in [-0.4, -0.2) is 65.7 Å². The normalized spacial score (nSPS) is 12.5. The minimum Gasteiger partial charge on any atom is -0.508 e. The first-order valence-corrected chi connectivity index (χ1v) is 15.3. The van der Waals surface area contributed by atoms with Gasteiger partial charge >= 0.3 is 12.1 Å². The second-order valence-corrected chi connectivity index (χ2v) is 11.9. The van der Waals surface area contributed by atoms with Crippen molar-refractivity contribution < 1.29 is 33.8 Å². The number of methoxy groups -OCH3 is 1. The van der Waals surface area contributed by atoms with Gasteiger partial charge in [0.15, 0.2) is 0 Å². The van der Waals surface area contributed by atoms with Gasteiger partial charge in [0.25, 0.3) is 0 Å². The standard InChI is InChI=1S/C34H49N3O7/c1-7-8-9-10-11-15-20-37(30(31(40)35-23-29(39)43-6)26-18-19-28(38)24(2)21-26)32(41)27(22-25-16-13-12-14-17-25)36-33(42)44-34(3,4)5/h12-14,16-19,21,27,30,38H,7-11,15,20,22-23H2,1-6H3,(H,35,40)(H,36,42). The number of nitrogens with one attached hydrogen (secondary N) is 2. The van der Waals surface area contributed by atoms with Crippen molar-refractivity contribution in [2.75, 3.05) is 20.2 Å². The van der Waals surface area contributed by atoms with Gasteiger partial charge in [0, 0.05) is 13.0 Å². The van der Waals surface area contributed by atoms with Gasteiger partial charge in [-0.1, -0.05) is 75.4 Å². The highest BCUT2D eigenvalue weighted by atomic mass is 16.6. The second-order valence-electron chi connectivity index (χ2n) is 11.9. The van der Waals surface area contributed by atoms with Crippen molar-refractivity contribution in [1.82, 2.24) is 15.5 Å². The smallest absolute Gasteiger partial charge is 0.408 e. The number of rotatable bonds is 16. The lowest BCUT2D eigenvalue weighted by Crippen LogP contribution is -2.54. The highest BCUT2D eigenvalue weighted by Gasteiger charge is 2.36. The van der Waals surface area contributed by atoms with Gasteiger partial charge in [-0.3, -0.25) is 14.4 Å². The number of phenolic OH excluding ortho intramolecular Hbond substituents is 1. The first-order valence-electron chi connectivity index (χ1n) is 15.3. The molecular weight excluding hydrogens is 562 g/mol. The number of carbonyl (C=O) groups excluding carboxylic acids is 4. The summed E-state index contributed by atoms with van der Waals surface area (Å²) in [4.78, 5) is 54.6. The Hall–Kier alpha value is -4.08. The molecule has 10 heteroatoms. The lowest BCUT2D eigenvalue weighted by atomic mass is 9.98. The Labute approximate surface area is 261 Å². The Bertz CT molecular complexity index is 1230. The zero-order chi connectivity index (χ0) is 32.7. The van der Waals surface area contributed by atoms with Gasteiger partial charge in [-0.2, -0.15) is 0 Å². The van der Waals surface area contributed by atoms with Crippen LogP contribution in [0.5, 0.6) is 5.75 Å². The summed E-state index contributed by atoms with van der Waals surface area (Å²) in [5.74, 6) is -1.65. The molecule has 0 bridgehead atoms. The van der Waals surface area contributed by atoms with Crippen molar-refractivity contribution in [2.45, 2.75) is 97.2 Å². The monoisotopic (exact) mass is 611 g/mol. The molecule has 0 aliphatic carbocycles. The van der Waals surface area contributed by atoms with Crippen molar-refractivity contribution in [3.8, 4) is 5.75 Å². The van der Waals surface area contributed by atoms with E-state index in [0.29, 0.717) is 17.5 Å². The number of carbonyl (C=O) groups is 4. The van der Waals surface area contributed by atoms with Crippen LogP contribution in [0.3, 0.4) is 0 Å². The molecule has 3 amide bonds. The molecule has 0 heterocycles. The van der Waals surface area contributed by atoms with Gasteiger partial charge < -0.3 is 30.1 Å². The average molecular weight is 612 g/mol. The SMILES string of the molecule is CCCCCCCCN(C(=O)C(Cc1ccccc1)NC(=O)OC(C)(C)C)C(C(=O)NCC(=O)OC)c1ccc(O)c(C)c1. The predicted octanol–water partition coefficient (Wildman–Crippen LogP) is 5.36. The first-order chi connectivity index (χ1) is 20.9. The van der Waals surface area contributed by atoms with Crippen LogP contribution in [0.1, 0.15) is 89.0 Å². The maximum absolute atomic E-state index is 14.5. The number of phenols is 1. The summed E-state index contributed by atoms with van der Waals surface area (Å²) in [5, 5.41) is 15.6. The first kappa shape index (κ1) is 36.1. The van der Waals surface area contributed by atoms with E-state index < -0.39 is 41.6 Å². The number of hydrogen-bond donors (Lipinski definition) is 3. The minimum absolute atomic E-state index is 0.0461. The van der Waals surface area contributed by atoms with Crippen LogP contribution in [0.15, 0.2) is 48.5 Å². The molecule has 3 N–H and O–H groups in total. The van der Waals surface area contributed by atoms with Crippen LogP contribution in [0.2, 0.25) is 0 Å². The Kier molecular flexibility index (Phi) is 14.7. The van der Waals surface area contributed by atoms with Crippen LogP contribution in [0.4, 0.5) is 4.79 Å². The Morgan fingerprint density at radius 2 is 1.61 bits per heavy atom. The molecule has 2 aromatic carbocycles. The van der Waals surface area contributed by atoms with Gasteiger partial charge in [-0.15, -0.1) is 0 Å². The molecule has 2 aromatic rings. The number of hydrogen-bond acceptors (Lipinski definition) is 7. The lowest BCUT2D eigenvalue weighted by molar-refractivity contribution is -0.144. The zero-order valence-electron chi connectivity index (χ0n) is 27.0. The fraction of sp³-hybridized carbons (Fsp3) is 0.529. The fourth-order valence-electron chi connectivity index (χ4n) is 4.78. The second kappa shape index (κ2) is 17.9. The van der Waals surface area contributed by atoms with Crippen LogP contribution >= 0.6 is 0 Å². The predicted molar refractivity (Wildman–Crippen MR) is 169 cm³/mol. The average Bonchev–Trinajstić information content (AvgIpc) is 2.97.